The number of hydrogen-bond donors (Lipinski definition) is 2. The summed E-state index contributed by atoms with van der Waals surface area (Å²) in [7, 11) is 1.87. The lowest BCUT2D eigenvalue weighted by Crippen LogP contribution is -2.50. The Labute approximate surface area is 195 Å². The molecule has 1 aliphatic carbocycles. The van der Waals surface area contributed by atoms with Crippen molar-refractivity contribution >= 4 is 23.4 Å². The molecule has 1 fully saturated rings. The van der Waals surface area contributed by atoms with Crippen LogP contribution in [0, 0.1) is 18.8 Å². The summed E-state index contributed by atoms with van der Waals surface area (Å²) in [6.07, 6.45) is -1.89. The van der Waals surface area contributed by atoms with Gasteiger partial charge in [-0.2, -0.15) is 4.98 Å². The lowest BCUT2D eigenvalue weighted by atomic mass is 9.81. The number of carbonyl (C=O) groups is 1. The van der Waals surface area contributed by atoms with E-state index in [0.717, 1.165) is 18.9 Å². The first kappa shape index (κ1) is 23.8. The first-order valence-corrected chi connectivity index (χ1v) is 11.0. The van der Waals surface area contributed by atoms with Crippen molar-refractivity contribution in [2.24, 2.45) is 11.8 Å². The van der Waals surface area contributed by atoms with Crippen molar-refractivity contribution in [3.05, 3.63) is 24.0 Å². The third-order valence-corrected chi connectivity index (χ3v) is 5.95. The summed E-state index contributed by atoms with van der Waals surface area (Å²) >= 11 is 0. The van der Waals surface area contributed by atoms with Gasteiger partial charge in [0.05, 0.1) is 18.5 Å². The second kappa shape index (κ2) is 9.15. The van der Waals surface area contributed by atoms with Gasteiger partial charge in [-0.05, 0) is 37.7 Å². The fourth-order valence-electron chi connectivity index (χ4n) is 4.30. The molecule has 1 unspecified atom stereocenters. The van der Waals surface area contributed by atoms with Crippen molar-refractivity contribution in [2.45, 2.75) is 52.1 Å². The van der Waals surface area contributed by atoms with Crippen LogP contribution in [0.5, 0.6) is 11.6 Å². The monoisotopic (exact) mass is 480 g/mol. The second-order valence-corrected chi connectivity index (χ2v) is 8.99. The molecule has 0 aromatic carbocycles. The molecule has 2 aromatic rings. The van der Waals surface area contributed by atoms with E-state index in [1.54, 1.807) is 0 Å². The lowest BCUT2D eigenvalue weighted by molar-refractivity contribution is -0.276. The first-order valence-electron chi connectivity index (χ1n) is 11.0. The third-order valence-electron chi connectivity index (χ3n) is 5.95. The standard InChI is InChI=1S/C22H27F3N6O3/c1-11(2)18-20(32)29-17-12(3)27-21(30-19(17)31(18)4)28-14-7-13(8-14)10-33-15-5-6-16(26-9-15)34-22(23,24)25/h5-6,9,11,13-14,18H,7-8,10H2,1-4H3,(H,29,32)(H,27,28,30)/t13-,14+,18?. The molecule has 1 aliphatic heterocycles. The summed E-state index contributed by atoms with van der Waals surface area (Å²) in [6, 6.07) is 2.39. The van der Waals surface area contributed by atoms with Gasteiger partial charge in [-0.25, -0.2) is 9.97 Å². The highest BCUT2D eigenvalue weighted by molar-refractivity contribution is 6.03. The van der Waals surface area contributed by atoms with Gasteiger partial charge in [0.1, 0.15) is 17.5 Å². The van der Waals surface area contributed by atoms with Crippen molar-refractivity contribution in [2.75, 3.05) is 29.2 Å². The number of pyridine rings is 1. The highest BCUT2D eigenvalue weighted by Gasteiger charge is 2.36. The Morgan fingerprint density at radius 1 is 1.26 bits per heavy atom. The minimum Gasteiger partial charge on any atom is -0.492 e. The largest absolute Gasteiger partial charge is 0.574 e. The molecule has 9 nitrogen and oxygen atoms in total. The number of halogens is 3. The van der Waals surface area contributed by atoms with E-state index in [-0.39, 0.29) is 29.8 Å². The number of ether oxygens (including phenoxy) is 2. The maximum Gasteiger partial charge on any atom is 0.574 e. The van der Waals surface area contributed by atoms with E-state index >= 15 is 0 Å². The van der Waals surface area contributed by atoms with Crippen molar-refractivity contribution < 1.29 is 27.4 Å². The molecule has 0 saturated heterocycles. The van der Waals surface area contributed by atoms with Gasteiger partial charge in [0, 0.05) is 19.2 Å². The van der Waals surface area contributed by atoms with E-state index in [9.17, 15) is 18.0 Å². The molecule has 0 spiro atoms. The van der Waals surface area contributed by atoms with Gasteiger partial charge in [-0.3, -0.25) is 4.79 Å². The van der Waals surface area contributed by atoms with Gasteiger partial charge in [0.15, 0.2) is 5.82 Å². The number of amides is 1. The lowest BCUT2D eigenvalue weighted by Gasteiger charge is -2.38. The smallest absolute Gasteiger partial charge is 0.492 e. The number of hydrogen-bond acceptors (Lipinski definition) is 8. The van der Waals surface area contributed by atoms with Crippen LogP contribution in [0.1, 0.15) is 32.4 Å². The normalized spacial score (nSPS) is 22.1. The maximum atomic E-state index is 12.5. The number of nitrogens with one attached hydrogen (secondary N) is 2. The van der Waals surface area contributed by atoms with Crippen molar-refractivity contribution in [3.8, 4) is 11.6 Å². The number of fused-ring (bicyclic) bond motifs is 1. The van der Waals surface area contributed by atoms with Gasteiger partial charge in [0.25, 0.3) is 0 Å². The topological polar surface area (TPSA) is 102 Å². The Morgan fingerprint density at radius 3 is 2.62 bits per heavy atom. The zero-order chi connectivity index (χ0) is 24.6. The summed E-state index contributed by atoms with van der Waals surface area (Å²) in [6.45, 7) is 6.26. The van der Waals surface area contributed by atoms with E-state index in [1.807, 2.05) is 32.7 Å². The molecule has 2 aliphatic rings. The average molecular weight is 480 g/mol. The zero-order valence-electron chi connectivity index (χ0n) is 19.3. The average Bonchev–Trinajstić information content (AvgIpc) is 2.70. The van der Waals surface area contributed by atoms with Crippen LogP contribution in [-0.2, 0) is 4.79 Å². The highest BCUT2D eigenvalue weighted by atomic mass is 19.4. The Hall–Kier alpha value is -3.31. The Morgan fingerprint density at radius 2 is 2.00 bits per heavy atom. The van der Waals surface area contributed by atoms with Gasteiger partial charge in [0.2, 0.25) is 17.7 Å². The first-order chi connectivity index (χ1) is 16.0. The highest BCUT2D eigenvalue weighted by Crippen LogP contribution is 2.36. The SMILES string of the molecule is Cc1nc(N[C@H]2C[C@@H](COc3ccc(OC(F)(F)F)nc3)C2)nc2c1NC(=O)C(C(C)C)N2C. The fraction of sp³-hybridized carbons (Fsp3) is 0.545. The van der Waals surface area contributed by atoms with E-state index in [0.29, 0.717) is 35.5 Å². The van der Waals surface area contributed by atoms with Gasteiger partial charge in [-0.15, -0.1) is 13.2 Å². The Balaban J connectivity index is 1.29. The van der Waals surface area contributed by atoms with Crippen LogP contribution in [0.3, 0.4) is 0 Å². The molecule has 0 bridgehead atoms. The van der Waals surface area contributed by atoms with Crippen LogP contribution in [0.15, 0.2) is 18.3 Å². The van der Waals surface area contributed by atoms with Gasteiger partial charge < -0.3 is 25.0 Å². The van der Waals surface area contributed by atoms with Gasteiger partial charge >= 0.3 is 6.36 Å². The molecule has 1 saturated carbocycles. The quantitative estimate of drug-likeness (QED) is 0.618. The Kier molecular flexibility index (Phi) is 6.41. The van der Waals surface area contributed by atoms with Crippen LogP contribution in [0.25, 0.3) is 0 Å². The van der Waals surface area contributed by atoms with Crippen LogP contribution < -0.4 is 25.0 Å². The second-order valence-electron chi connectivity index (χ2n) is 8.99. The molecule has 0 radical (unpaired) electrons. The third kappa shape index (κ3) is 5.26. The van der Waals surface area contributed by atoms with Gasteiger partial charge in [-0.1, -0.05) is 13.8 Å². The molecule has 184 valence electrons. The molecule has 2 N–H and O–H groups in total. The molecular formula is C22H27F3N6O3. The van der Waals surface area contributed by atoms with E-state index in [4.69, 9.17) is 4.74 Å². The summed E-state index contributed by atoms with van der Waals surface area (Å²) in [5, 5.41) is 6.28. The number of aromatic nitrogens is 3. The summed E-state index contributed by atoms with van der Waals surface area (Å²) in [5.41, 5.74) is 1.33. The molecule has 1 atom stereocenters. The zero-order valence-corrected chi connectivity index (χ0v) is 19.3. The van der Waals surface area contributed by atoms with E-state index in [2.05, 4.69) is 30.3 Å². The molecular weight excluding hydrogens is 453 g/mol. The number of rotatable bonds is 7. The molecule has 12 heteroatoms. The van der Waals surface area contributed by atoms with Crippen LogP contribution in [0.2, 0.25) is 0 Å². The predicted molar refractivity (Wildman–Crippen MR) is 119 cm³/mol. The number of alkyl halides is 3. The molecule has 34 heavy (non-hydrogen) atoms. The number of aryl methyl sites for hydroxylation is 1. The fourth-order valence-corrected chi connectivity index (χ4v) is 4.30. The minimum atomic E-state index is -4.77. The minimum absolute atomic E-state index is 0.0584. The summed E-state index contributed by atoms with van der Waals surface area (Å²) < 4.78 is 46.0. The van der Waals surface area contributed by atoms with Crippen LogP contribution >= 0.6 is 0 Å². The Bertz CT molecular complexity index is 1040. The molecule has 1 amide bonds. The summed E-state index contributed by atoms with van der Waals surface area (Å²) in [5.74, 6) is 1.41. The number of carbonyl (C=O) groups excluding carboxylic acids is 1. The molecule has 3 heterocycles. The van der Waals surface area contributed by atoms with Crippen molar-refractivity contribution in [1.82, 2.24) is 15.0 Å². The molecule has 2 aromatic heterocycles. The van der Waals surface area contributed by atoms with Crippen LogP contribution in [0.4, 0.5) is 30.6 Å². The van der Waals surface area contributed by atoms with Crippen LogP contribution in [-0.4, -0.2) is 53.0 Å². The number of anilines is 3. The van der Waals surface area contributed by atoms with Crippen molar-refractivity contribution in [3.63, 3.8) is 0 Å². The molecule has 4 rings (SSSR count). The maximum absolute atomic E-state index is 12.5. The van der Waals surface area contributed by atoms with Crippen molar-refractivity contribution in [1.29, 1.82) is 0 Å². The summed E-state index contributed by atoms with van der Waals surface area (Å²) in [4.78, 5) is 27.1. The van der Waals surface area contributed by atoms with E-state index < -0.39 is 12.2 Å². The predicted octanol–water partition coefficient (Wildman–Crippen LogP) is 3.76. The van der Waals surface area contributed by atoms with E-state index in [1.165, 1.54) is 12.3 Å². The number of likely N-dealkylation sites (N-methyl/N-ethyl adjacent to an activating group) is 1. The number of nitrogens with zero attached hydrogens (tertiary/aromatic N) is 4.